The minimum Gasteiger partial charge on any atom is -0.384 e. The first-order valence-electron chi connectivity index (χ1n) is 6.36. The zero-order valence-electron chi connectivity index (χ0n) is 11.4. The summed E-state index contributed by atoms with van der Waals surface area (Å²) < 4.78 is 1.11. The third-order valence-electron chi connectivity index (χ3n) is 3.33. The van der Waals surface area contributed by atoms with E-state index < -0.39 is 0 Å². The van der Waals surface area contributed by atoms with E-state index in [1.165, 1.54) is 22.2 Å². The Balaban J connectivity index is 2.79. The number of fused-ring (bicyclic) bond motifs is 1. The van der Waals surface area contributed by atoms with E-state index in [0.29, 0.717) is 0 Å². The first kappa shape index (κ1) is 13.3. The van der Waals surface area contributed by atoms with Gasteiger partial charge in [0.2, 0.25) is 0 Å². The summed E-state index contributed by atoms with van der Waals surface area (Å²) in [5.41, 5.74) is 5.86. The lowest BCUT2D eigenvalue weighted by molar-refractivity contribution is 0.976. The minimum atomic E-state index is 0.986. The predicted molar refractivity (Wildman–Crippen MR) is 82.4 cm³/mol. The molecule has 0 atom stereocenters. The van der Waals surface area contributed by atoms with E-state index in [1.807, 2.05) is 0 Å². The van der Waals surface area contributed by atoms with Gasteiger partial charge in [-0.15, -0.1) is 0 Å². The van der Waals surface area contributed by atoms with Crippen LogP contribution < -0.4 is 5.32 Å². The van der Waals surface area contributed by atoms with E-state index in [0.717, 1.165) is 28.6 Å². The Morgan fingerprint density at radius 3 is 2.61 bits per heavy atom. The van der Waals surface area contributed by atoms with Crippen LogP contribution in [0.2, 0.25) is 0 Å². The molecule has 0 fully saturated rings. The SMILES string of the molecule is CCCNc1c(C)c(C)nc2c(C)ccc(Br)c12. The fourth-order valence-corrected chi connectivity index (χ4v) is 2.66. The summed E-state index contributed by atoms with van der Waals surface area (Å²) in [6, 6.07) is 4.21. The number of pyridine rings is 1. The molecule has 0 aliphatic heterocycles. The minimum absolute atomic E-state index is 0.986. The van der Waals surface area contributed by atoms with Gasteiger partial charge in [0.25, 0.3) is 0 Å². The predicted octanol–water partition coefficient (Wildman–Crippen LogP) is 4.74. The summed E-state index contributed by atoms with van der Waals surface area (Å²) >= 11 is 3.65. The van der Waals surface area contributed by atoms with Crippen molar-refractivity contribution in [2.24, 2.45) is 0 Å². The average molecular weight is 307 g/mol. The molecule has 1 aromatic carbocycles. The lowest BCUT2D eigenvalue weighted by Crippen LogP contribution is -2.05. The second-order valence-corrected chi connectivity index (χ2v) is 5.57. The summed E-state index contributed by atoms with van der Waals surface area (Å²) in [6.45, 7) is 9.49. The van der Waals surface area contributed by atoms with Crippen LogP contribution in [0.4, 0.5) is 5.69 Å². The number of benzene rings is 1. The fourth-order valence-electron chi connectivity index (χ4n) is 2.14. The topological polar surface area (TPSA) is 24.9 Å². The van der Waals surface area contributed by atoms with E-state index in [4.69, 9.17) is 4.98 Å². The monoisotopic (exact) mass is 306 g/mol. The highest BCUT2D eigenvalue weighted by atomic mass is 79.9. The molecule has 2 nitrogen and oxygen atoms in total. The molecular weight excluding hydrogens is 288 g/mol. The molecule has 0 amide bonds. The highest BCUT2D eigenvalue weighted by Crippen LogP contribution is 2.35. The normalized spacial score (nSPS) is 10.9. The molecule has 0 spiro atoms. The Morgan fingerprint density at radius 2 is 1.94 bits per heavy atom. The van der Waals surface area contributed by atoms with E-state index >= 15 is 0 Å². The zero-order chi connectivity index (χ0) is 13.3. The van der Waals surface area contributed by atoms with Crippen molar-refractivity contribution in [2.45, 2.75) is 34.1 Å². The van der Waals surface area contributed by atoms with E-state index in [9.17, 15) is 0 Å². The van der Waals surface area contributed by atoms with Crippen LogP contribution in [-0.2, 0) is 0 Å². The van der Waals surface area contributed by atoms with Crippen LogP contribution in [0.5, 0.6) is 0 Å². The summed E-state index contributed by atoms with van der Waals surface area (Å²) in [4.78, 5) is 4.73. The van der Waals surface area contributed by atoms with Gasteiger partial charge in [0, 0.05) is 27.8 Å². The molecule has 0 radical (unpaired) electrons. The van der Waals surface area contributed by atoms with E-state index in [1.54, 1.807) is 0 Å². The zero-order valence-corrected chi connectivity index (χ0v) is 13.0. The third-order valence-corrected chi connectivity index (χ3v) is 3.99. The lowest BCUT2D eigenvalue weighted by atomic mass is 10.0. The molecule has 0 saturated carbocycles. The molecule has 18 heavy (non-hydrogen) atoms. The first-order chi connectivity index (χ1) is 8.56. The number of hydrogen-bond acceptors (Lipinski definition) is 2. The number of hydrogen-bond donors (Lipinski definition) is 1. The number of nitrogens with zero attached hydrogens (tertiary/aromatic N) is 1. The summed E-state index contributed by atoms with van der Waals surface area (Å²) in [6.07, 6.45) is 1.12. The largest absolute Gasteiger partial charge is 0.384 e. The molecular formula is C15H19BrN2. The molecule has 0 bridgehead atoms. The smallest absolute Gasteiger partial charge is 0.0766 e. The molecule has 96 valence electrons. The number of aryl methyl sites for hydroxylation is 2. The van der Waals surface area contributed by atoms with Crippen LogP contribution in [0.25, 0.3) is 10.9 Å². The van der Waals surface area contributed by atoms with Gasteiger partial charge in [-0.2, -0.15) is 0 Å². The number of rotatable bonds is 3. The summed E-state index contributed by atoms with van der Waals surface area (Å²) in [7, 11) is 0. The fraction of sp³-hybridized carbons (Fsp3) is 0.400. The lowest BCUT2D eigenvalue weighted by Gasteiger charge is -2.16. The van der Waals surface area contributed by atoms with Gasteiger partial charge < -0.3 is 5.32 Å². The molecule has 1 heterocycles. The molecule has 3 heteroatoms. The van der Waals surface area contributed by atoms with E-state index in [-0.39, 0.29) is 0 Å². The highest BCUT2D eigenvalue weighted by molar-refractivity contribution is 9.10. The number of aromatic nitrogens is 1. The standard InChI is InChI=1S/C15H19BrN2/c1-5-8-17-15-10(3)11(4)18-14-9(2)6-7-12(16)13(14)15/h6-7H,5,8H2,1-4H3,(H,17,18). The van der Waals surface area contributed by atoms with Crippen LogP contribution >= 0.6 is 15.9 Å². The van der Waals surface area contributed by atoms with Crippen molar-refractivity contribution >= 4 is 32.5 Å². The van der Waals surface area contributed by atoms with Gasteiger partial charge in [0.1, 0.15) is 0 Å². The van der Waals surface area contributed by atoms with Crippen LogP contribution in [0.15, 0.2) is 16.6 Å². The van der Waals surface area contributed by atoms with Crippen molar-refractivity contribution in [2.75, 3.05) is 11.9 Å². The molecule has 0 saturated heterocycles. The van der Waals surface area contributed by atoms with Crippen LogP contribution in [0.1, 0.15) is 30.2 Å². The van der Waals surface area contributed by atoms with Gasteiger partial charge in [-0.05, 0) is 44.4 Å². The molecule has 1 aromatic heterocycles. The maximum Gasteiger partial charge on any atom is 0.0766 e. The van der Waals surface area contributed by atoms with Gasteiger partial charge in [0.05, 0.1) is 5.52 Å². The Bertz CT molecular complexity index is 591. The van der Waals surface area contributed by atoms with Crippen LogP contribution in [0, 0.1) is 20.8 Å². The second kappa shape index (κ2) is 5.27. The average Bonchev–Trinajstić information content (AvgIpc) is 2.35. The van der Waals surface area contributed by atoms with Crippen LogP contribution in [-0.4, -0.2) is 11.5 Å². The number of anilines is 1. The first-order valence-corrected chi connectivity index (χ1v) is 7.15. The molecule has 2 aromatic rings. The van der Waals surface area contributed by atoms with Crippen molar-refractivity contribution in [3.63, 3.8) is 0 Å². The second-order valence-electron chi connectivity index (χ2n) is 4.71. The van der Waals surface area contributed by atoms with Gasteiger partial charge in [-0.3, -0.25) is 4.98 Å². The van der Waals surface area contributed by atoms with Gasteiger partial charge in [-0.25, -0.2) is 0 Å². The summed E-state index contributed by atoms with van der Waals surface area (Å²) in [5, 5.41) is 4.74. The Labute approximate surface area is 117 Å². The Morgan fingerprint density at radius 1 is 1.22 bits per heavy atom. The van der Waals surface area contributed by atoms with Crippen molar-refractivity contribution in [1.29, 1.82) is 0 Å². The Kier molecular flexibility index (Phi) is 3.91. The van der Waals surface area contributed by atoms with Crippen molar-refractivity contribution in [3.05, 3.63) is 33.4 Å². The molecule has 0 aliphatic carbocycles. The quantitative estimate of drug-likeness (QED) is 0.885. The van der Waals surface area contributed by atoms with Crippen molar-refractivity contribution in [3.8, 4) is 0 Å². The summed E-state index contributed by atoms with van der Waals surface area (Å²) in [5.74, 6) is 0. The maximum atomic E-state index is 4.73. The molecule has 2 rings (SSSR count). The highest BCUT2D eigenvalue weighted by Gasteiger charge is 2.13. The van der Waals surface area contributed by atoms with Crippen molar-refractivity contribution in [1.82, 2.24) is 4.98 Å². The number of nitrogens with one attached hydrogen (secondary N) is 1. The van der Waals surface area contributed by atoms with Gasteiger partial charge in [-0.1, -0.05) is 28.9 Å². The van der Waals surface area contributed by atoms with E-state index in [2.05, 4.69) is 61.1 Å². The molecule has 1 N–H and O–H groups in total. The molecule has 0 unspecified atom stereocenters. The third kappa shape index (κ3) is 2.24. The van der Waals surface area contributed by atoms with Crippen molar-refractivity contribution < 1.29 is 0 Å². The van der Waals surface area contributed by atoms with Gasteiger partial charge in [0.15, 0.2) is 0 Å². The Hall–Kier alpha value is -1.09. The van der Waals surface area contributed by atoms with Gasteiger partial charge >= 0.3 is 0 Å². The molecule has 0 aliphatic rings. The van der Waals surface area contributed by atoms with Crippen LogP contribution in [0.3, 0.4) is 0 Å². The number of halogens is 1. The maximum absolute atomic E-state index is 4.73.